The van der Waals surface area contributed by atoms with Gasteiger partial charge in [0.25, 0.3) is 0 Å². The molecule has 3 N–H and O–H groups in total. The van der Waals surface area contributed by atoms with E-state index in [-0.39, 0.29) is 0 Å². The van der Waals surface area contributed by atoms with Gasteiger partial charge in [-0.05, 0) is 55.6 Å². The summed E-state index contributed by atoms with van der Waals surface area (Å²) >= 11 is 0. The van der Waals surface area contributed by atoms with Gasteiger partial charge in [-0.25, -0.2) is 0 Å². The molecule has 2 aliphatic carbocycles. The van der Waals surface area contributed by atoms with Gasteiger partial charge in [0.1, 0.15) is 0 Å². The maximum Gasteiger partial charge on any atom is 0.193 e. The van der Waals surface area contributed by atoms with Crippen LogP contribution >= 0.6 is 0 Å². The minimum absolute atomic E-state index is 0.492. The number of hydrogen-bond donors (Lipinski definition) is 2. The molecule has 1 heterocycles. The van der Waals surface area contributed by atoms with Gasteiger partial charge in [0.15, 0.2) is 17.5 Å². The van der Waals surface area contributed by atoms with E-state index in [1.54, 1.807) is 0 Å². The van der Waals surface area contributed by atoms with E-state index in [0.29, 0.717) is 19.2 Å². The number of guanidine groups is 1. The number of nitrogens with two attached hydrogens (primary N) is 1. The van der Waals surface area contributed by atoms with Crippen molar-refractivity contribution in [1.82, 2.24) is 0 Å². The van der Waals surface area contributed by atoms with Crippen molar-refractivity contribution in [3.63, 3.8) is 0 Å². The summed E-state index contributed by atoms with van der Waals surface area (Å²) in [4.78, 5) is 4.60. The summed E-state index contributed by atoms with van der Waals surface area (Å²) in [5, 5.41) is 3.19. The minimum atomic E-state index is 0.492. The van der Waals surface area contributed by atoms with Crippen LogP contribution in [0.1, 0.15) is 38.5 Å². The topological polar surface area (TPSA) is 68.9 Å². The van der Waals surface area contributed by atoms with Gasteiger partial charge in [0.2, 0.25) is 0 Å². The molecule has 5 heteroatoms. The van der Waals surface area contributed by atoms with Crippen molar-refractivity contribution >= 4 is 11.6 Å². The molecule has 2 fully saturated rings. The van der Waals surface area contributed by atoms with Crippen LogP contribution in [0.15, 0.2) is 23.2 Å². The zero-order valence-corrected chi connectivity index (χ0v) is 14.2. The lowest BCUT2D eigenvalue weighted by Gasteiger charge is -2.17. The molecule has 2 saturated carbocycles. The third kappa shape index (κ3) is 3.60. The maximum absolute atomic E-state index is 6.09. The van der Waals surface area contributed by atoms with Crippen molar-refractivity contribution in [2.24, 2.45) is 28.5 Å². The van der Waals surface area contributed by atoms with Crippen molar-refractivity contribution in [3.8, 4) is 11.5 Å². The number of nitrogens with one attached hydrogen (secondary N) is 1. The van der Waals surface area contributed by atoms with E-state index in [1.165, 1.54) is 32.1 Å². The molecular weight excluding hydrogens is 302 g/mol. The van der Waals surface area contributed by atoms with E-state index in [9.17, 15) is 0 Å². The summed E-state index contributed by atoms with van der Waals surface area (Å²) in [7, 11) is 0. The van der Waals surface area contributed by atoms with Crippen LogP contribution in [0.4, 0.5) is 5.69 Å². The zero-order valence-electron chi connectivity index (χ0n) is 14.2. The summed E-state index contributed by atoms with van der Waals surface area (Å²) in [5.41, 5.74) is 6.99. The number of hydrogen-bond acceptors (Lipinski definition) is 3. The smallest absolute Gasteiger partial charge is 0.193 e. The number of benzene rings is 1. The van der Waals surface area contributed by atoms with Crippen LogP contribution < -0.4 is 20.5 Å². The Bertz CT molecular complexity index is 613. The molecule has 4 rings (SSSR count). The van der Waals surface area contributed by atoms with Gasteiger partial charge in [0, 0.05) is 24.7 Å². The Morgan fingerprint density at radius 1 is 1.08 bits per heavy atom. The normalized spacial score (nSPS) is 26.9. The van der Waals surface area contributed by atoms with Crippen LogP contribution in [0.2, 0.25) is 0 Å². The first kappa shape index (κ1) is 15.6. The fourth-order valence-electron chi connectivity index (χ4n) is 4.08. The summed E-state index contributed by atoms with van der Waals surface area (Å²) in [6.07, 6.45) is 7.81. The Balaban J connectivity index is 1.36. The second-order valence-electron chi connectivity index (χ2n) is 7.26. The summed E-state index contributed by atoms with van der Waals surface area (Å²) < 4.78 is 11.4. The van der Waals surface area contributed by atoms with Crippen LogP contribution in [0.3, 0.4) is 0 Å². The maximum atomic E-state index is 6.09. The van der Waals surface area contributed by atoms with E-state index < -0.39 is 0 Å². The first-order chi connectivity index (χ1) is 11.8. The van der Waals surface area contributed by atoms with E-state index >= 15 is 0 Å². The van der Waals surface area contributed by atoms with E-state index in [0.717, 1.165) is 47.9 Å². The highest BCUT2D eigenvalue weighted by Gasteiger charge is 2.38. The monoisotopic (exact) mass is 329 g/mol. The summed E-state index contributed by atoms with van der Waals surface area (Å²) in [6, 6.07) is 5.82. The largest absolute Gasteiger partial charge is 0.490 e. The van der Waals surface area contributed by atoms with E-state index in [2.05, 4.69) is 10.3 Å². The van der Waals surface area contributed by atoms with Crippen molar-refractivity contribution in [1.29, 1.82) is 0 Å². The number of nitrogens with zero attached hydrogens (tertiary/aromatic N) is 1. The molecule has 0 aromatic heterocycles. The van der Waals surface area contributed by atoms with Crippen molar-refractivity contribution in [3.05, 3.63) is 18.2 Å². The predicted octanol–water partition coefficient (Wildman–Crippen LogP) is 3.40. The van der Waals surface area contributed by atoms with Crippen LogP contribution in [0.5, 0.6) is 11.5 Å². The van der Waals surface area contributed by atoms with Crippen LogP contribution in [-0.4, -0.2) is 25.7 Å². The highest BCUT2D eigenvalue weighted by molar-refractivity contribution is 5.92. The number of ether oxygens (including phenoxy) is 2. The predicted molar refractivity (Wildman–Crippen MR) is 95.7 cm³/mol. The van der Waals surface area contributed by atoms with Crippen molar-refractivity contribution in [2.75, 3.05) is 25.1 Å². The Labute approximate surface area is 143 Å². The Hall–Kier alpha value is -1.91. The quantitative estimate of drug-likeness (QED) is 0.656. The van der Waals surface area contributed by atoms with Crippen LogP contribution in [-0.2, 0) is 0 Å². The first-order valence-corrected chi connectivity index (χ1v) is 9.26. The zero-order chi connectivity index (χ0) is 16.4. The number of rotatable bonds is 4. The minimum Gasteiger partial charge on any atom is -0.490 e. The highest BCUT2D eigenvalue weighted by atomic mass is 16.5. The molecule has 0 bridgehead atoms. The first-order valence-electron chi connectivity index (χ1n) is 9.26. The molecule has 0 amide bonds. The van der Waals surface area contributed by atoms with Crippen LogP contribution in [0, 0.1) is 17.8 Å². The molecule has 2 atom stereocenters. The summed E-state index contributed by atoms with van der Waals surface area (Å²) in [5.74, 6) is 4.65. The Morgan fingerprint density at radius 3 is 2.75 bits per heavy atom. The third-order valence-corrected chi connectivity index (χ3v) is 5.46. The van der Waals surface area contributed by atoms with Crippen molar-refractivity contribution in [2.45, 2.75) is 38.5 Å². The standard InChI is InChI=1S/C19H27N3O2/c20-19(21-12-14-3-1-4-16(14)13-5-6-13)22-15-7-8-17-18(11-15)24-10-2-9-23-17/h7-8,11,13-14,16H,1-6,9-10,12H2,(H3,20,21,22). The van der Waals surface area contributed by atoms with Crippen molar-refractivity contribution < 1.29 is 9.47 Å². The third-order valence-electron chi connectivity index (χ3n) is 5.46. The van der Waals surface area contributed by atoms with Gasteiger partial charge in [-0.1, -0.05) is 6.42 Å². The van der Waals surface area contributed by atoms with Gasteiger partial charge in [-0.3, -0.25) is 4.99 Å². The number of anilines is 1. The van der Waals surface area contributed by atoms with Gasteiger partial charge in [-0.15, -0.1) is 0 Å². The number of fused-ring (bicyclic) bond motifs is 1. The average molecular weight is 329 g/mol. The molecule has 0 radical (unpaired) electrons. The second kappa shape index (κ2) is 6.91. The molecule has 1 aliphatic heterocycles. The molecule has 130 valence electrons. The lowest BCUT2D eigenvalue weighted by molar-refractivity contribution is 0.297. The molecule has 1 aromatic carbocycles. The Morgan fingerprint density at radius 2 is 1.92 bits per heavy atom. The van der Waals surface area contributed by atoms with E-state index in [1.807, 2.05) is 18.2 Å². The number of aliphatic imine (C=N–C) groups is 1. The Kier molecular flexibility index (Phi) is 4.50. The second-order valence-corrected chi connectivity index (χ2v) is 7.26. The SMILES string of the molecule is NC(=NCC1CCCC1C1CC1)Nc1ccc2c(c1)OCCCO2. The molecule has 0 saturated heterocycles. The molecular formula is C19H27N3O2. The molecule has 2 unspecified atom stereocenters. The van der Waals surface area contributed by atoms with Crippen LogP contribution in [0.25, 0.3) is 0 Å². The fraction of sp³-hybridized carbons (Fsp3) is 0.632. The van der Waals surface area contributed by atoms with Gasteiger partial charge < -0.3 is 20.5 Å². The van der Waals surface area contributed by atoms with E-state index in [4.69, 9.17) is 15.2 Å². The highest BCUT2D eigenvalue weighted by Crippen LogP contribution is 2.48. The molecule has 0 spiro atoms. The average Bonchev–Trinajstić information content (AvgIpc) is 3.36. The lowest BCUT2D eigenvalue weighted by atomic mass is 9.91. The molecule has 24 heavy (non-hydrogen) atoms. The summed E-state index contributed by atoms with van der Waals surface area (Å²) in [6.45, 7) is 2.24. The lowest BCUT2D eigenvalue weighted by Crippen LogP contribution is -2.24. The van der Waals surface area contributed by atoms with Gasteiger partial charge in [-0.2, -0.15) is 0 Å². The molecule has 3 aliphatic rings. The van der Waals surface area contributed by atoms with Gasteiger partial charge in [0.05, 0.1) is 13.2 Å². The fourth-order valence-corrected chi connectivity index (χ4v) is 4.08. The molecule has 1 aromatic rings. The molecule has 5 nitrogen and oxygen atoms in total. The van der Waals surface area contributed by atoms with Gasteiger partial charge >= 0.3 is 0 Å².